The Balaban J connectivity index is 1.55. The monoisotopic (exact) mass is 385 g/mol. The summed E-state index contributed by atoms with van der Waals surface area (Å²) in [4.78, 5) is 38.7. The van der Waals surface area contributed by atoms with Crippen LogP contribution in [0.1, 0.15) is 10.4 Å². The second-order valence-electron chi connectivity index (χ2n) is 6.20. The molecule has 0 aromatic heterocycles. The molecule has 0 unspecified atom stereocenters. The molecule has 4 rings (SSSR count). The van der Waals surface area contributed by atoms with E-state index in [1.165, 1.54) is 34.1 Å². The number of carbonyl (C=O) groups excluding carboxylic acids is 3. The highest BCUT2D eigenvalue weighted by Crippen LogP contribution is 2.26. The van der Waals surface area contributed by atoms with Crippen LogP contribution in [-0.4, -0.2) is 44.4 Å². The molecule has 2 aromatic rings. The van der Waals surface area contributed by atoms with Gasteiger partial charge in [-0.05, 0) is 36.4 Å². The number of halogens is 1. The summed E-state index contributed by atoms with van der Waals surface area (Å²) < 4.78 is 24.0. The van der Waals surface area contributed by atoms with E-state index in [0.717, 1.165) is 0 Å². The van der Waals surface area contributed by atoms with Crippen molar-refractivity contribution in [1.29, 1.82) is 0 Å². The summed E-state index contributed by atoms with van der Waals surface area (Å²) in [6.45, 7) is 1.29. The van der Waals surface area contributed by atoms with Crippen LogP contribution in [0.15, 0.2) is 42.5 Å². The molecule has 0 saturated carbocycles. The highest BCUT2D eigenvalue weighted by molar-refractivity contribution is 6.06. The SMILES string of the molecule is O=C(Nc1cc(N2CCOC2=O)ccc1F)c1cccc(N2CCOC2=O)c1. The van der Waals surface area contributed by atoms with Crippen LogP contribution >= 0.6 is 0 Å². The molecule has 0 atom stereocenters. The molecule has 2 saturated heterocycles. The van der Waals surface area contributed by atoms with Crippen molar-refractivity contribution in [3.05, 3.63) is 53.8 Å². The predicted molar refractivity (Wildman–Crippen MR) is 98.2 cm³/mol. The summed E-state index contributed by atoms with van der Waals surface area (Å²) in [6.07, 6.45) is -0.997. The van der Waals surface area contributed by atoms with Crippen LogP contribution in [0.5, 0.6) is 0 Å². The quantitative estimate of drug-likeness (QED) is 0.874. The normalized spacial score (nSPS) is 16.2. The first-order valence-electron chi connectivity index (χ1n) is 8.62. The Morgan fingerprint density at radius 2 is 1.57 bits per heavy atom. The van der Waals surface area contributed by atoms with Gasteiger partial charge in [-0.2, -0.15) is 0 Å². The molecule has 0 spiro atoms. The number of ether oxygens (including phenoxy) is 2. The summed E-state index contributed by atoms with van der Waals surface area (Å²) in [7, 11) is 0. The summed E-state index contributed by atoms with van der Waals surface area (Å²) in [5.74, 6) is -1.18. The minimum absolute atomic E-state index is 0.0619. The van der Waals surface area contributed by atoms with Gasteiger partial charge in [0.2, 0.25) is 0 Å². The Kier molecular flexibility index (Phi) is 4.56. The third-order valence-electron chi connectivity index (χ3n) is 4.45. The second kappa shape index (κ2) is 7.18. The largest absolute Gasteiger partial charge is 0.447 e. The fourth-order valence-electron chi connectivity index (χ4n) is 3.04. The summed E-state index contributed by atoms with van der Waals surface area (Å²) in [5, 5.41) is 2.51. The van der Waals surface area contributed by atoms with Gasteiger partial charge in [0.1, 0.15) is 19.0 Å². The molecule has 2 heterocycles. The van der Waals surface area contributed by atoms with Gasteiger partial charge in [0, 0.05) is 16.9 Å². The number of cyclic esters (lactones) is 2. The first-order chi connectivity index (χ1) is 13.5. The molecule has 2 fully saturated rings. The zero-order chi connectivity index (χ0) is 19.7. The van der Waals surface area contributed by atoms with Gasteiger partial charge >= 0.3 is 12.2 Å². The Morgan fingerprint density at radius 3 is 2.18 bits per heavy atom. The van der Waals surface area contributed by atoms with E-state index in [-0.39, 0.29) is 24.5 Å². The number of hydrogen-bond donors (Lipinski definition) is 1. The molecule has 3 amide bonds. The van der Waals surface area contributed by atoms with Crippen molar-refractivity contribution in [2.24, 2.45) is 0 Å². The van der Waals surface area contributed by atoms with Crippen molar-refractivity contribution in [3.63, 3.8) is 0 Å². The van der Waals surface area contributed by atoms with Crippen LogP contribution in [-0.2, 0) is 9.47 Å². The average molecular weight is 385 g/mol. The van der Waals surface area contributed by atoms with E-state index < -0.39 is 23.9 Å². The van der Waals surface area contributed by atoms with Crippen LogP contribution in [0, 0.1) is 5.82 Å². The van der Waals surface area contributed by atoms with Crippen molar-refractivity contribution < 1.29 is 28.2 Å². The van der Waals surface area contributed by atoms with Gasteiger partial charge in [0.15, 0.2) is 0 Å². The van der Waals surface area contributed by atoms with E-state index in [2.05, 4.69) is 5.32 Å². The lowest BCUT2D eigenvalue weighted by Crippen LogP contribution is -2.24. The van der Waals surface area contributed by atoms with Crippen molar-refractivity contribution in [2.75, 3.05) is 41.4 Å². The van der Waals surface area contributed by atoms with E-state index in [9.17, 15) is 18.8 Å². The van der Waals surface area contributed by atoms with E-state index >= 15 is 0 Å². The number of rotatable bonds is 4. The molecule has 8 nitrogen and oxygen atoms in total. The molecule has 0 radical (unpaired) electrons. The van der Waals surface area contributed by atoms with Gasteiger partial charge in [-0.1, -0.05) is 6.07 Å². The van der Waals surface area contributed by atoms with Crippen molar-refractivity contribution in [2.45, 2.75) is 0 Å². The lowest BCUT2D eigenvalue weighted by molar-refractivity contribution is 0.102. The van der Waals surface area contributed by atoms with E-state index in [4.69, 9.17) is 9.47 Å². The number of benzene rings is 2. The maximum absolute atomic E-state index is 14.2. The zero-order valence-corrected chi connectivity index (χ0v) is 14.7. The van der Waals surface area contributed by atoms with Crippen LogP contribution in [0.4, 0.5) is 31.0 Å². The Hall–Kier alpha value is -3.62. The highest BCUT2D eigenvalue weighted by atomic mass is 19.1. The van der Waals surface area contributed by atoms with Crippen LogP contribution in [0.2, 0.25) is 0 Å². The molecular formula is C19H16FN3O5. The molecule has 1 N–H and O–H groups in total. The van der Waals surface area contributed by atoms with E-state index in [1.807, 2.05) is 0 Å². The fraction of sp³-hybridized carbons (Fsp3) is 0.211. The van der Waals surface area contributed by atoms with Crippen LogP contribution < -0.4 is 15.1 Å². The molecule has 0 aliphatic carbocycles. The van der Waals surface area contributed by atoms with Gasteiger partial charge in [0.25, 0.3) is 5.91 Å². The molecule has 2 aliphatic rings. The number of anilines is 3. The predicted octanol–water partition coefficient (Wildman–Crippen LogP) is 2.99. The summed E-state index contributed by atoms with van der Waals surface area (Å²) >= 11 is 0. The summed E-state index contributed by atoms with van der Waals surface area (Å²) in [5.41, 5.74) is 1.13. The Labute approximate surface area is 159 Å². The van der Waals surface area contributed by atoms with E-state index in [1.54, 1.807) is 18.2 Å². The minimum atomic E-state index is -0.635. The molecule has 144 valence electrons. The van der Waals surface area contributed by atoms with Crippen molar-refractivity contribution in [3.8, 4) is 0 Å². The lowest BCUT2D eigenvalue weighted by atomic mass is 10.1. The summed E-state index contributed by atoms with van der Waals surface area (Å²) in [6, 6.07) is 10.4. The first kappa shape index (κ1) is 17.8. The topological polar surface area (TPSA) is 88.2 Å². The highest BCUT2D eigenvalue weighted by Gasteiger charge is 2.26. The fourth-order valence-corrected chi connectivity index (χ4v) is 3.04. The zero-order valence-electron chi connectivity index (χ0n) is 14.7. The molecule has 9 heteroatoms. The third kappa shape index (κ3) is 3.34. The lowest BCUT2D eigenvalue weighted by Gasteiger charge is -2.16. The third-order valence-corrected chi connectivity index (χ3v) is 4.45. The molecule has 28 heavy (non-hydrogen) atoms. The van der Waals surface area contributed by atoms with Gasteiger partial charge in [-0.25, -0.2) is 14.0 Å². The molecular weight excluding hydrogens is 369 g/mol. The van der Waals surface area contributed by atoms with Gasteiger partial charge in [-0.3, -0.25) is 14.6 Å². The first-order valence-corrected chi connectivity index (χ1v) is 8.62. The average Bonchev–Trinajstić information content (AvgIpc) is 3.32. The number of nitrogens with one attached hydrogen (secondary N) is 1. The molecule has 2 aromatic carbocycles. The smallest absolute Gasteiger partial charge is 0.414 e. The maximum atomic E-state index is 14.2. The van der Waals surface area contributed by atoms with E-state index in [0.29, 0.717) is 24.5 Å². The van der Waals surface area contributed by atoms with Gasteiger partial charge < -0.3 is 14.8 Å². The number of nitrogens with zero attached hydrogens (tertiary/aromatic N) is 2. The number of hydrogen-bond acceptors (Lipinski definition) is 5. The van der Waals surface area contributed by atoms with Crippen LogP contribution in [0.25, 0.3) is 0 Å². The second-order valence-corrected chi connectivity index (χ2v) is 6.20. The Morgan fingerprint density at radius 1 is 0.929 bits per heavy atom. The maximum Gasteiger partial charge on any atom is 0.414 e. The van der Waals surface area contributed by atoms with Crippen molar-refractivity contribution in [1.82, 2.24) is 0 Å². The molecule has 2 aliphatic heterocycles. The number of carbonyl (C=O) groups is 3. The van der Waals surface area contributed by atoms with Crippen molar-refractivity contribution >= 4 is 35.2 Å². The standard InChI is InChI=1S/C19H16FN3O5/c20-15-5-4-14(23-7-9-28-19(23)26)11-16(15)21-17(24)12-2-1-3-13(10-12)22-6-8-27-18(22)25/h1-5,10-11H,6-9H2,(H,21,24). The minimum Gasteiger partial charge on any atom is -0.447 e. The Bertz CT molecular complexity index is 964. The van der Waals surface area contributed by atoms with Gasteiger partial charge in [-0.15, -0.1) is 0 Å². The number of amides is 3. The van der Waals surface area contributed by atoms with Crippen LogP contribution in [0.3, 0.4) is 0 Å². The molecule has 0 bridgehead atoms. The van der Waals surface area contributed by atoms with Gasteiger partial charge in [0.05, 0.1) is 18.8 Å².